The van der Waals surface area contributed by atoms with Crippen molar-refractivity contribution in [3.8, 4) is 0 Å². The van der Waals surface area contributed by atoms with E-state index in [-0.39, 0.29) is 22.5 Å². The van der Waals surface area contributed by atoms with Crippen LogP contribution in [0.4, 0.5) is 11.5 Å². The van der Waals surface area contributed by atoms with Gasteiger partial charge in [0.2, 0.25) is 11.5 Å². The van der Waals surface area contributed by atoms with Gasteiger partial charge >= 0.3 is 8.25 Å². The van der Waals surface area contributed by atoms with Gasteiger partial charge in [0.1, 0.15) is 43.1 Å². The standard InChI is InChI=1S/C23H23N6O7P/c1-28(2)15-8-4-5-12-13(15)6-3-7-14(12)19(31)23(20(32)18(30)16(36-23)9-35-37(33)34)29-11-27-17-21(24)25-10-26-22(17)29/h3-8,10-11,16,18,20,30,32H,9H2,1-2H3,(H2-,24,25,26,33,34)/p+1/t16-,18-,20-,23-/m1/s1. The average molecular weight is 527 g/mol. The minimum Gasteiger partial charge on any atom is -0.387 e. The van der Waals surface area contributed by atoms with Gasteiger partial charge in [0.25, 0.3) is 0 Å². The zero-order valence-electron chi connectivity index (χ0n) is 19.8. The lowest BCUT2D eigenvalue weighted by atomic mass is 9.90. The van der Waals surface area contributed by atoms with E-state index in [1.165, 1.54) is 17.2 Å². The van der Waals surface area contributed by atoms with Crippen LogP contribution in [0.5, 0.6) is 0 Å². The Kier molecular flexibility index (Phi) is 6.36. The number of ether oxygens (including phenoxy) is 1. The summed E-state index contributed by atoms with van der Waals surface area (Å²) in [4.78, 5) is 37.8. The van der Waals surface area contributed by atoms with E-state index >= 15 is 0 Å². The highest BCUT2D eigenvalue weighted by Crippen LogP contribution is 2.42. The molecule has 0 saturated carbocycles. The van der Waals surface area contributed by atoms with E-state index in [0.717, 1.165) is 11.1 Å². The second-order valence-corrected chi connectivity index (χ2v) is 9.50. The molecule has 3 heterocycles. The van der Waals surface area contributed by atoms with Gasteiger partial charge < -0.3 is 25.6 Å². The van der Waals surface area contributed by atoms with Crippen molar-refractivity contribution in [1.82, 2.24) is 19.5 Å². The number of nitrogens with zero attached hydrogens (tertiary/aromatic N) is 5. The summed E-state index contributed by atoms with van der Waals surface area (Å²) in [5, 5.41) is 23.6. The second-order valence-electron chi connectivity index (χ2n) is 8.77. The number of hydrogen-bond donors (Lipinski definition) is 4. The fourth-order valence-electron chi connectivity index (χ4n) is 4.74. The smallest absolute Gasteiger partial charge is 0.387 e. The summed E-state index contributed by atoms with van der Waals surface area (Å²) in [6.45, 7) is -0.566. The lowest BCUT2D eigenvalue weighted by molar-refractivity contribution is -0.111. The lowest BCUT2D eigenvalue weighted by Crippen LogP contribution is -2.51. The predicted octanol–water partition coefficient (Wildman–Crippen LogP) is 0.950. The maximum atomic E-state index is 14.4. The van der Waals surface area contributed by atoms with Gasteiger partial charge in [-0.05, 0) is 11.5 Å². The third kappa shape index (κ3) is 3.93. The summed E-state index contributed by atoms with van der Waals surface area (Å²) < 4.78 is 23.1. The van der Waals surface area contributed by atoms with Crippen molar-refractivity contribution in [2.75, 3.05) is 31.3 Å². The van der Waals surface area contributed by atoms with Gasteiger partial charge in [-0.1, -0.05) is 30.3 Å². The van der Waals surface area contributed by atoms with Crippen LogP contribution >= 0.6 is 8.25 Å². The molecular formula is C23H24N6O7P+. The zero-order chi connectivity index (χ0) is 26.5. The van der Waals surface area contributed by atoms with Crippen molar-refractivity contribution in [1.29, 1.82) is 0 Å². The molecule has 1 fully saturated rings. The number of benzene rings is 2. The minimum atomic E-state index is -3.02. The summed E-state index contributed by atoms with van der Waals surface area (Å²) in [6.07, 6.45) is -2.46. The quantitative estimate of drug-likeness (QED) is 0.197. The monoisotopic (exact) mass is 527 g/mol. The van der Waals surface area contributed by atoms with Gasteiger partial charge in [-0.15, -0.1) is 9.42 Å². The molecule has 37 heavy (non-hydrogen) atoms. The molecule has 1 aliphatic heterocycles. The molecule has 2 aromatic heterocycles. The van der Waals surface area contributed by atoms with Crippen LogP contribution in [0, 0.1) is 0 Å². The fraction of sp³-hybridized carbons (Fsp3) is 0.304. The van der Waals surface area contributed by atoms with E-state index in [9.17, 15) is 19.6 Å². The predicted molar refractivity (Wildman–Crippen MR) is 133 cm³/mol. The maximum Gasteiger partial charge on any atom is 0.694 e. The highest BCUT2D eigenvalue weighted by molar-refractivity contribution is 7.32. The van der Waals surface area contributed by atoms with Gasteiger partial charge in [0, 0.05) is 35.3 Å². The second kappa shape index (κ2) is 9.38. The molecular weight excluding hydrogens is 503 g/mol. The molecule has 4 aromatic rings. The number of ketones is 1. The number of Topliss-reactive ketones (excluding diaryl/α,β-unsaturated/α-hetero) is 1. The van der Waals surface area contributed by atoms with Crippen LogP contribution in [0.15, 0.2) is 49.1 Å². The Morgan fingerprint density at radius 3 is 2.65 bits per heavy atom. The number of anilines is 2. The van der Waals surface area contributed by atoms with E-state index in [4.69, 9.17) is 19.9 Å². The molecule has 192 valence electrons. The Labute approximate surface area is 211 Å². The first kappa shape index (κ1) is 25.1. The minimum absolute atomic E-state index is 0.0392. The molecule has 14 heteroatoms. The first-order valence-corrected chi connectivity index (χ1v) is 12.3. The molecule has 1 unspecified atom stereocenters. The number of nitrogen functional groups attached to an aromatic ring is 1. The van der Waals surface area contributed by atoms with E-state index in [2.05, 4.69) is 15.0 Å². The van der Waals surface area contributed by atoms with Crippen molar-refractivity contribution in [3.63, 3.8) is 0 Å². The maximum absolute atomic E-state index is 14.4. The number of aliphatic hydroxyl groups is 2. The van der Waals surface area contributed by atoms with Gasteiger partial charge in [-0.2, -0.15) is 0 Å². The summed E-state index contributed by atoms with van der Waals surface area (Å²) >= 11 is 0. The summed E-state index contributed by atoms with van der Waals surface area (Å²) in [6, 6.07) is 10.6. The fourth-order valence-corrected chi connectivity index (χ4v) is 5.02. The summed E-state index contributed by atoms with van der Waals surface area (Å²) in [5.41, 5.74) is 4.97. The number of carbonyl (C=O) groups excluding carboxylic acids is 1. The van der Waals surface area contributed by atoms with Gasteiger partial charge in [-0.25, -0.2) is 15.0 Å². The largest absolute Gasteiger partial charge is 0.694 e. The molecule has 1 saturated heterocycles. The number of rotatable bonds is 7. The molecule has 1 aliphatic rings. The Hall–Kier alpha value is -3.58. The number of fused-ring (bicyclic) bond motifs is 2. The average Bonchev–Trinajstić information content (AvgIpc) is 3.42. The van der Waals surface area contributed by atoms with Gasteiger partial charge in [-0.3, -0.25) is 9.36 Å². The topological polar surface area (TPSA) is 186 Å². The molecule has 5 N–H and O–H groups in total. The van der Waals surface area contributed by atoms with Crippen molar-refractivity contribution in [2.24, 2.45) is 0 Å². The number of nitrogens with two attached hydrogens (primary N) is 1. The lowest BCUT2D eigenvalue weighted by Gasteiger charge is -2.32. The molecule has 2 aromatic carbocycles. The molecule has 0 amide bonds. The van der Waals surface area contributed by atoms with Crippen LogP contribution in [0.1, 0.15) is 10.4 Å². The SMILES string of the molecule is CN(C)c1cccc2c(C(=O)[C@@]3(n4cnc5c(N)ncnc54)O[C@H](CO[P+](=O)O)[C@@H](O)[C@H]3O)cccc12. The van der Waals surface area contributed by atoms with Crippen molar-refractivity contribution in [3.05, 3.63) is 54.6 Å². The van der Waals surface area contributed by atoms with Crippen molar-refractivity contribution >= 4 is 47.5 Å². The summed E-state index contributed by atoms with van der Waals surface area (Å²) in [7, 11) is 0.737. The molecule has 0 radical (unpaired) electrons. The van der Waals surface area contributed by atoms with Crippen LogP contribution in [-0.2, 0) is 19.6 Å². The highest BCUT2D eigenvalue weighted by atomic mass is 31.1. The number of carbonyl (C=O) groups is 1. The first-order valence-electron chi connectivity index (χ1n) is 11.2. The molecule has 0 spiro atoms. The molecule has 13 nitrogen and oxygen atoms in total. The Bertz CT molecular complexity index is 1530. The van der Waals surface area contributed by atoms with Crippen LogP contribution in [-0.4, -0.2) is 79.4 Å². The molecule has 5 atom stereocenters. The highest BCUT2D eigenvalue weighted by Gasteiger charge is 2.61. The van der Waals surface area contributed by atoms with E-state index in [0.29, 0.717) is 5.39 Å². The first-order chi connectivity index (χ1) is 17.7. The van der Waals surface area contributed by atoms with Crippen LogP contribution in [0.2, 0.25) is 0 Å². The van der Waals surface area contributed by atoms with Crippen molar-refractivity contribution in [2.45, 2.75) is 24.0 Å². The number of aromatic nitrogens is 4. The summed E-state index contributed by atoms with van der Waals surface area (Å²) in [5.74, 6) is -0.662. The Morgan fingerprint density at radius 2 is 1.92 bits per heavy atom. The van der Waals surface area contributed by atoms with E-state index < -0.39 is 44.7 Å². The number of aliphatic hydroxyl groups excluding tert-OH is 2. The van der Waals surface area contributed by atoms with Crippen LogP contribution in [0.25, 0.3) is 21.9 Å². The third-order valence-corrected chi connectivity index (χ3v) is 6.83. The Balaban J connectivity index is 1.74. The normalized spacial score (nSPS) is 24.0. The van der Waals surface area contributed by atoms with Gasteiger partial charge in [0.05, 0.1) is 0 Å². The van der Waals surface area contributed by atoms with E-state index in [1.807, 2.05) is 31.1 Å². The van der Waals surface area contributed by atoms with Crippen molar-refractivity contribution < 1.29 is 33.7 Å². The molecule has 0 aliphatic carbocycles. The molecule has 0 bridgehead atoms. The van der Waals surface area contributed by atoms with E-state index in [1.54, 1.807) is 24.3 Å². The zero-order valence-corrected chi connectivity index (χ0v) is 20.7. The van der Waals surface area contributed by atoms with Gasteiger partial charge in [0.15, 0.2) is 11.5 Å². The number of hydrogen-bond acceptors (Lipinski definition) is 11. The Morgan fingerprint density at radius 1 is 1.19 bits per heavy atom. The van der Waals surface area contributed by atoms with Crippen LogP contribution < -0.4 is 10.6 Å². The third-order valence-electron chi connectivity index (χ3n) is 6.46. The number of imidazole rings is 1. The van der Waals surface area contributed by atoms with Crippen LogP contribution in [0.3, 0.4) is 0 Å². The molecule has 5 rings (SSSR count).